The zero-order chi connectivity index (χ0) is 14.0. The van der Waals surface area contributed by atoms with E-state index in [4.69, 9.17) is 0 Å². The molecule has 0 aliphatic carbocycles. The monoisotopic (exact) mass is 292 g/mol. The molecule has 0 aromatic carbocycles. The van der Waals surface area contributed by atoms with Gasteiger partial charge in [0.05, 0.1) is 0 Å². The number of rotatable bonds is 2. The Bertz CT molecular complexity index is 147. The van der Waals surface area contributed by atoms with Crippen LogP contribution in [0.4, 0.5) is 0 Å². The van der Waals surface area contributed by atoms with Gasteiger partial charge in [-0.2, -0.15) is 0 Å². The fourth-order valence-corrected chi connectivity index (χ4v) is 0. The van der Waals surface area contributed by atoms with Crippen molar-refractivity contribution in [2.75, 3.05) is 0 Å². The molecule has 0 saturated heterocycles. The molecule has 0 amide bonds. The topological polar surface area (TPSA) is 0 Å². The zero-order valence-electron chi connectivity index (χ0n) is 14.0. The molecular weight excluding hydrogens is 256 g/mol. The Labute approximate surface area is 109 Å². The van der Waals surface area contributed by atoms with Gasteiger partial charge in [-0.3, -0.25) is 0 Å². The number of hydrogen-bond acceptors (Lipinski definition) is 0. The summed E-state index contributed by atoms with van der Waals surface area (Å²) in [5.41, 5.74) is 0. The first kappa shape index (κ1) is 19.2. The average molecular weight is 293 g/mol. The Hall–Kier alpha value is 0.868. The molecule has 4 heteroatoms. The molecule has 0 aromatic heterocycles. The predicted molar refractivity (Wildman–Crippen MR) is 93.4 cm³/mol. The van der Waals surface area contributed by atoms with Crippen molar-refractivity contribution < 1.29 is 0 Å². The van der Waals surface area contributed by atoms with Gasteiger partial charge in [0, 0.05) is 30.4 Å². The normalized spacial score (nSPS) is 14.2. The maximum Gasteiger partial charge on any atom is 0.0379 e. The summed E-state index contributed by atoms with van der Waals surface area (Å²) >= 11 is 0. The second kappa shape index (κ2) is 5.67. The molecule has 0 nitrogen and oxygen atoms in total. The summed E-state index contributed by atoms with van der Waals surface area (Å²) < 4.78 is 0. The molecular formula is C12H36Si4. The Morgan fingerprint density at radius 1 is 0.250 bits per heavy atom. The largest absolute Gasteiger partial charge is 0.0715 e. The molecule has 0 heterocycles. The van der Waals surface area contributed by atoms with Crippen LogP contribution >= 0.6 is 0 Å². The molecule has 0 rings (SSSR count). The van der Waals surface area contributed by atoms with E-state index >= 15 is 0 Å². The maximum atomic E-state index is 2.47. The van der Waals surface area contributed by atoms with E-state index in [1.54, 1.807) is 0 Å². The van der Waals surface area contributed by atoms with E-state index in [2.05, 4.69) is 78.6 Å². The summed E-state index contributed by atoms with van der Waals surface area (Å²) in [5.74, 6) is 0. The molecule has 0 radical (unpaired) electrons. The molecule has 100 valence electrons. The van der Waals surface area contributed by atoms with Crippen molar-refractivity contribution in [3.8, 4) is 0 Å². The minimum atomic E-state index is -0.720. The molecule has 0 spiro atoms. The third-order valence-corrected chi connectivity index (χ3v) is 40.5. The zero-order valence-corrected chi connectivity index (χ0v) is 18.0. The Morgan fingerprint density at radius 2 is 0.312 bits per heavy atom. The van der Waals surface area contributed by atoms with Crippen molar-refractivity contribution in [2.24, 2.45) is 0 Å². The van der Waals surface area contributed by atoms with Crippen molar-refractivity contribution in [1.29, 1.82) is 0 Å². The van der Waals surface area contributed by atoms with Crippen LogP contribution in [0, 0.1) is 0 Å². The molecule has 16 heavy (non-hydrogen) atoms. The minimum Gasteiger partial charge on any atom is -0.0715 e. The lowest BCUT2D eigenvalue weighted by Gasteiger charge is -2.30. The van der Waals surface area contributed by atoms with Gasteiger partial charge in [0.15, 0.2) is 0 Å². The lowest BCUT2D eigenvalue weighted by Crippen LogP contribution is -2.49. The summed E-state index contributed by atoms with van der Waals surface area (Å²) in [6.07, 6.45) is 0. The van der Waals surface area contributed by atoms with E-state index in [9.17, 15) is 0 Å². The van der Waals surface area contributed by atoms with Gasteiger partial charge in [-0.25, -0.2) is 0 Å². The van der Waals surface area contributed by atoms with Gasteiger partial charge in [-0.15, -0.1) is 0 Å². The van der Waals surface area contributed by atoms with Crippen molar-refractivity contribution in [1.82, 2.24) is 0 Å². The summed E-state index contributed by atoms with van der Waals surface area (Å²) in [4.78, 5) is 0. The number of hydrogen-bond donors (Lipinski definition) is 0. The van der Waals surface area contributed by atoms with Gasteiger partial charge in [0.25, 0.3) is 0 Å². The first-order chi connectivity index (χ1) is 6.50. The average Bonchev–Trinajstić information content (AvgIpc) is 1.77. The van der Waals surface area contributed by atoms with E-state index in [0.29, 0.717) is 0 Å². The van der Waals surface area contributed by atoms with Crippen LogP contribution in [0.3, 0.4) is 0 Å². The van der Waals surface area contributed by atoms with E-state index in [-0.39, 0.29) is 0 Å². The van der Waals surface area contributed by atoms with Crippen LogP contribution in [-0.4, -0.2) is 30.4 Å². The summed E-state index contributed by atoms with van der Waals surface area (Å²) in [7, 11) is -2.88. The van der Waals surface area contributed by atoms with Gasteiger partial charge in [-0.1, -0.05) is 78.6 Å². The van der Waals surface area contributed by atoms with Gasteiger partial charge < -0.3 is 0 Å². The van der Waals surface area contributed by atoms with E-state index in [1.165, 1.54) is 0 Å². The van der Waals surface area contributed by atoms with Crippen LogP contribution in [0.1, 0.15) is 0 Å². The van der Waals surface area contributed by atoms with Gasteiger partial charge >= 0.3 is 0 Å². The highest BCUT2D eigenvalue weighted by molar-refractivity contribution is 7.40. The molecule has 0 aliphatic rings. The quantitative estimate of drug-likeness (QED) is 0.591. The Balaban J connectivity index is 0. The van der Waals surface area contributed by atoms with Crippen LogP contribution in [0.15, 0.2) is 0 Å². The van der Waals surface area contributed by atoms with Crippen LogP contribution in [0.5, 0.6) is 0 Å². The molecule has 0 N–H and O–H groups in total. The molecule has 0 unspecified atom stereocenters. The predicted octanol–water partition coefficient (Wildman–Crippen LogP) is 5.48. The summed E-state index contributed by atoms with van der Waals surface area (Å²) in [6.45, 7) is 29.7. The molecule has 0 fully saturated rings. The molecule has 0 saturated carbocycles. The van der Waals surface area contributed by atoms with Crippen LogP contribution in [0.2, 0.25) is 78.6 Å². The summed E-state index contributed by atoms with van der Waals surface area (Å²) in [6, 6.07) is 0. The highest BCUT2D eigenvalue weighted by Crippen LogP contribution is 2.17. The van der Waals surface area contributed by atoms with Crippen molar-refractivity contribution in [3.05, 3.63) is 0 Å². The Kier molecular flexibility index (Phi) is 6.81. The maximum absolute atomic E-state index is 2.47. The van der Waals surface area contributed by atoms with Gasteiger partial charge in [0.1, 0.15) is 0 Å². The van der Waals surface area contributed by atoms with E-state index in [0.717, 1.165) is 0 Å². The molecule has 0 aliphatic heterocycles. The van der Waals surface area contributed by atoms with Crippen LogP contribution in [0.25, 0.3) is 0 Å². The molecule has 0 atom stereocenters. The SMILES string of the molecule is C[Si](C)(C)[Si](C)(C)C.C[Si](C)(C)[Si](C)(C)C. The van der Waals surface area contributed by atoms with Crippen molar-refractivity contribution in [2.45, 2.75) is 78.6 Å². The van der Waals surface area contributed by atoms with Gasteiger partial charge in [0.2, 0.25) is 0 Å². The lowest BCUT2D eigenvalue weighted by molar-refractivity contribution is 1.71. The Morgan fingerprint density at radius 3 is 0.312 bits per heavy atom. The highest BCUT2D eigenvalue weighted by atomic mass is 29.3. The highest BCUT2D eigenvalue weighted by Gasteiger charge is 2.31. The fourth-order valence-electron chi connectivity index (χ4n) is 0. The summed E-state index contributed by atoms with van der Waals surface area (Å²) in [5, 5.41) is 0. The lowest BCUT2D eigenvalue weighted by atomic mass is 11.8. The van der Waals surface area contributed by atoms with Crippen LogP contribution < -0.4 is 0 Å². The van der Waals surface area contributed by atoms with Crippen LogP contribution in [-0.2, 0) is 0 Å². The minimum absolute atomic E-state index is 0.720. The second-order valence-electron chi connectivity index (χ2n) is 9.00. The first-order valence-corrected chi connectivity index (χ1v) is 22.5. The first-order valence-electron chi connectivity index (χ1n) is 6.50. The smallest absolute Gasteiger partial charge is 0.0379 e. The third-order valence-electron chi connectivity index (χ3n) is 4.50. The molecule has 0 bridgehead atoms. The second-order valence-corrected chi connectivity index (χ2v) is 45.0. The van der Waals surface area contributed by atoms with E-state index in [1.807, 2.05) is 0 Å². The van der Waals surface area contributed by atoms with Crippen molar-refractivity contribution in [3.63, 3.8) is 0 Å². The molecule has 0 aromatic rings. The van der Waals surface area contributed by atoms with E-state index < -0.39 is 30.4 Å². The fraction of sp³-hybridized carbons (Fsp3) is 1.00. The van der Waals surface area contributed by atoms with Crippen molar-refractivity contribution >= 4 is 30.4 Å². The van der Waals surface area contributed by atoms with Gasteiger partial charge in [-0.05, 0) is 0 Å². The third kappa shape index (κ3) is 8.03. The standard InChI is InChI=1S/2C6H18Si2/c2*1-7(2,3)8(4,5)6/h2*1-6H3.